The van der Waals surface area contributed by atoms with E-state index in [1.54, 1.807) is 11.3 Å². The molecule has 0 spiro atoms. The SMILES string of the molecule is CC(=O)NCc1ccc(-c2csc(NC(=O)C3=COCCO3)n2)s1. The summed E-state index contributed by atoms with van der Waals surface area (Å²) in [6, 6.07) is 3.90. The van der Waals surface area contributed by atoms with Crippen LogP contribution in [0.3, 0.4) is 0 Å². The highest BCUT2D eigenvalue weighted by molar-refractivity contribution is 7.17. The second kappa shape index (κ2) is 7.45. The van der Waals surface area contributed by atoms with Crippen molar-refractivity contribution in [3.05, 3.63) is 34.4 Å². The highest BCUT2D eigenvalue weighted by Gasteiger charge is 2.17. The Labute approximate surface area is 146 Å². The van der Waals surface area contributed by atoms with Crippen LogP contribution in [-0.4, -0.2) is 30.0 Å². The summed E-state index contributed by atoms with van der Waals surface area (Å²) in [4.78, 5) is 29.4. The second-order valence-corrected chi connectivity index (χ2v) is 6.90. The standard InChI is InChI=1S/C15H15N3O4S2/c1-9(19)16-6-10-2-3-13(24-10)11-8-23-15(17-11)18-14(20)12-7-21-4-5-22-12/h2-3,7-8H,4-6H2,1H3,(H,16,19)(H,17,18,20). The first-order valence-corrected chi connectivity index (χ1v) is 8.86. The van der Waals surface area contributed by atoms with Gasteiger partial charge in [0.25, 0.3) is 5.91 Å². The van der Waals surface area contributed by atoms with E-state index < -0.39 is 0 Å². The third-order valence-electron chi connectivity index (χ3n) is 3.02. The van der Waals surface area contributed by atoms with Crippen molar-refractivity contribution in [3.8, 4) is 10.6 Å². The molecule has 3 rings (SSSR count). The Balaban J connectivity index is 1.64. The van der Waals surface area contributed by atoms with Crippen LogP contribution in [0.2, 0.25) is 0 Å². The van der Waals surface area contributed by atoms with Crippen molar-refractivity contribution in [2.45, 2.75) is 13.5 Å². The van der Waals surface area contributed by atoms with Gasteiger partial charge in [-0.3, -0.25) is 14.9 Å². The maximum atomic E-state index is 12.0. The van der Waals surface area contributed by atoms with E-state index >= 15 is 0 Å². The van der Waals surface area contributed by atoms with E-state index in [4.69, 9.17) is 9.47 Å². The molecule has 1 aliphatic rings. The Hall–Kier alpha value is -2.39. The molecule has 2 aromatic heterocycles. The Morgan fingerprint density at radius 2 is 2.21 bits per heavy atom. The Kier molecular flexibility index (Phi) is 5.11. The molecule has 7 nitrogen and oxygen atoms in total. The molecule has 0 aromatic carbocycles. The number of hydrogen-bond acceptors (Lipinski definition) is 7. The summed E-state index contributed by atoms with van der Waals surface area (Å²) in [5.74, 6) is -0.299. The maximum Gasteiger partial charge on any atom is 0.295 e. The third kappa shape index (κ3) is 4.12. The van der Waals surface area contributed by atoms with E-state index in [9.17, 15) is 9.59 Å². The number of rotatable bonds is 5. The van der Waals surface area contributed by atoms with Gasteiger partial charge in [-0.15, -0.1) is 22.7 Å². The molecule has 2 amide bonds. The minimum absolute atomic E-state index is 0.0631. The summed E-state index contributed by atoms with van der Waals surface area (Å²) in [5, 5.41) is 7.81. The summed E-state index contributed by atoms with van der Waals surface area (Å²) in [5.41, 5.74) is 0.782. The smallest absolute Gasteiger partial charge is 0.295 e. The number of thiazole rings is 1. The molecule has 24 heavy (non-hydrogen) atoms. The zero-order valence-corrected chi connectivity index (χ0v) is 14.5. The first-order valence-electron chi connectivity index (χ1n) is 7.17. The molecule has 0 atom stereocenters. The van der Waals surface area contributed by atoms with E-state index in [0.29, 0.717) is 24.9 Å². The van der Waals surface area contributed by atoms with Crippen LogP contribution in [0.4, 0.5) is 5.13 Å². The van der Waals surface area contributed by atoms with Gasteiger partial charge in [-0.25, -0.2) is 4.98 Å². The van der Waals surface area contributed by atoms with Crippen LogP contribution in [0, 0.1) is 0 Å². The Morgan fingerprint density at radius 1 is 1.33 bits per heavy atom. The molecule has 0 radical (unpaired) electrons. The average molecular weight is 365 g/mol. The summed E-state index contributed by atoms with van der Waals surface area (Å²) >= 11 is 2.88. The van der Waals surface area contributed by atoms with Crippen LogP contribution in [0.15, 0.2) is 29.5 Å². The fourth-order valence-corrected chi connectivity index (χ4v) is 3.60. The van der Waals surface area contributed by atoms with Gasteiger partial charge >= 0.3 is 0 Å². The second-order valence-electron chi connectivity index (χ2n) is 4.87. The molecular formula is C15H15N3O4S2. The number of carbonyl (C=O) groups excluding carboxylic acids is 2. The lowest BCUT2D eigenvalue weighted by molar-refractivity contribution is -0.119. The van der Waals surface area contributed by atoms with Crippen LogP contribution >= 0.6 is 22.7 Å². The van der Waals surface area contributed by atoms with Gasteiger partial charge in [-0.1, -0.05) is 0 Å². The van der Waals surface area contributed by atoms with Crippen LogP contribution in [0.25, 0.3) is 10.6 Å². The number of hydrogen-bond donors (Lipinski definition) is 2. The van der Waals surface area contributed by atoms with Crippen LogP contribution in [0.5, 0.6) is 0 Å². The molecule has 0 saturated carbocycles. The van der Waals surface area contributed by atoms with E-state index in [-0.39, 0.29) is 17.6 Å². The van der Waals surface area contributed by atoms with Gasteiger partial charge in [0.1, 0.15) is 19.5 Å². The molecule has 0 fully saturated rings. The van der Waals surface area contributed by atoms with E-state index in [2.05, 4.69) is 15.6 Å². The zero-order valence-electron chi connectivity index (χ0n) is 12.8. The van der Waals surface area contributed by atoms with Crippen molar-refractivity contribution in [2.24, 2.45) is 0 Å². The molecule has 3 heterocycles. The van der Waals surface area contributed by atoms with Crippen LogP contribution in [-0.2, 0) is 25.6 Å². The average Bonchev–Trinajstić information content (AvgIpc) is 3.22. The molecule has 2 N–H and O–H groups in total. The maximum absolute atomic E-state index is 12.0. The van der Waals surface area contributed by atoms with Gasteiger partial charge in [0, 0.05) is 17.2 Å². The summed E-state index contributed by atoms with van der Waals surface area (Å²) in [7, 11) is 0. The number of nitrogens with one attached hydrogen (secondary N) is 2. The highest BCUT2D eigenvalue weighted by Crippen LogP contribution is 2.31. The first kappa shape index (κ1) is 16.5. The summed E-state index contributed by atoms with van der Waals surface area (Å²) in [6.07, 6.45) is 1.31. The van der Waals surface area contributed by atoms with Crippen molar-refractivity contribution in [2.75, 3.05) is 18.5 Å². The number of carbonyl (C=O) groups is 2. The van der Waals surface area contributed by atoms with Crippen molar-refractivity contribution >= 4 is 39.6 Å². The Bertz CT molecular complexity index is 781. The number of nitrogens with zero attached hydrogens (tertiary/aromatic N) is 1. The van der Waals surface area contributed by atoms with Gasteiger partial charge in [0.15, 0.2) is 5.13 Å². The highest BCUT2D eigenvalue weighted by atomic mass is 32.1. The predicted molar refractivity (Wildman–Crippen MR) is 91.6 cm³/mol. The van der Waals surface area contributed by atoms with Crippen molar-refractivity contribution in [1.29, 1.82) is 0 Å². The van der Waals surface area contributed by atoms with E-state index in [0.717, 1.165) is 15.4 Å². The summed E-state index contributed by atoms with van der Waals surface area (Å²) in [6.45, 7) is 2.78. The molecule has 126 valence electrons. The van der Waals surface area contributed by atoms with Gasteiger partial charge in [0.05, 0.1) is 17.1 Å². The lowest BCUT2D eigenvalue weighted by atomic mass is 10.3. The minimum atomic E-state index is -0.381. The molecule has 0 bridgehead atoms. The lowest BCUT2D eigenvalue weighted by Crippen LogP contribution is -2.21. The van der Waals surface area contributed by atoms with Crippen molar-refractivity contribution < 1.29 is 19.1 Å². The first-order chi connectivity index (χ1) is 11.6. The third-order valence-corrected chi connectivity index (χ3v) is 4.89. The van der Waals surface area contributed by atoms with Crippen LogP contribution < -0.4 is 10.6 Å². The van der Waals surface area contributed by atoms with Gasteiger partial charge in [0.2, 0.25) is 11.7 Å². The van der Waals surface area contributed by atoms with Crippen molar-refractivity contribution in [3.63, 3.8) is 0 Å². The Morgan fingerprint density at radius 3 is 2.96 bits per heavy atom. The summed E-state index contributed by atoms with van der Waals surface area (Å²) < 4.78 is 10.3. The molecular weight excluding hydrogens is 350 g/mol. The van der Waals surface area contributed by atoms with Crippen molar-refractivity contribution in [1.82, 2.24) is 10.3 Å². The molecule has 9 heteroatoms. The van der Waals surface area contributed by atoms with Gasteiger partial charge < -0.3 is 14.8 Å². The van der Waals surface area contributed by atoms with Gasteiger partial charge in [-0.05, 0) is 12.1 Å². The predicted octanol–water partition coefficient (Wildman–Crippen LogP) is 2.33. The normalized spacial score (nSPS) is 13.5. The largest absolute Gasteiger partial charge is 0.494 e. The van der Waals surface area contributed by atoms with E-state index in [1.807, 2.05) is 17.5 Å². The fraction of sp³-hybridized carbons (Fsp3) is 0.267. The van der Waals surface area contributed by atoms with Crippen LogP contribution in [0.1, 0.15) is 11.8 Å². The lowest BCUT2D eigenvalue weighted by Gasteiger charge is -2.14. The number of ether oxygens (including phenoxy) is 2. The monoisotopic (exact) mass is 365 g/mol. The zero-order chi connectivity index (χ0) is 16.9. The molecule has 0 aliphatic carbocycles. The molecule has 0 unspecified atom stereocenters. The number of anilines is 1. The molecule has 0 saturated heterocycles. The molecule has 2 aromatic rings. The quantitative estimate of drug-likeness (QED) is 0.849. The number of aromatic nitrogens is 1. The topological polar surface area (TPSA) is 89.6 Å². The number of thiophene rings is 1. The van der Waals surface area contributed by atoms with E-state index in [1.165, 1.54) is 24.5 Å². The molecule has 1 aliphatic heterocycles. The van der Waals surface area contributed by atoms with Gasteiger partial charge in [-0.2, -0.15) is 0 Å². The minimum Gasteiger partial charge on any atom is -0.494 e. The number of amides is 2. The fourth-order valence-electron chi connectivity index (χ4n) is 1.91.